The van der Waals surface area contributed by atoms with Crippen LogP contribution in [0.2, 0.25) is 0 Å². The third-order valence-corrected chi connectivity index (χ3v) is 3.49. The van der Waals surface area contributed by atoms with Crippen molar-refractivity contribution in [1.82, 2.24) is 4.90 Å². The standard InChI is InChI=1S/C16H26N2O2/c1-6-18(16(2,3)4)10-9-14(19)12-7-8-15(20-5)13(17)11-12/h7-8,11H,6,9-10,17H2,1-5H3. The molecule has 1 aromatic rings. The monoisotopic (exact) mass is 278 g/mol. The average molecular weight is 278 g/mol. The second kappa shape index (κ2) is 6.75. The van der Waals surface area contributed by atoms with Crippen LogP contribution in [0.1, 0.15) is 44.5 Å². The molecule has 0 aromatic heterocycles. The summed E-state index contributed by atoms with van der Waals surface area (Å²) in [7, 11) is 1.57. The number of nitrogens with two attached hydrogens (primary N) is 1. The lowest BCUT2D eigenvalue weighted by atomic mass is 10.0. The number of carbonyl (C=O) groups is 1. The highest BCUT2D eigenvalue weighted by molar-refractivity contribution is 5.97. The fourth-order valence-electron chi connectivity index (χ4n) is 2.26. The van der Waals surface area contributed by atoms with Crippen LogP contribution in [0.3, 0.4) is 0 Å². The van der Waals surface area contributed by atoms with Gasteiger partial charge >= 0.3 is 0 Å². The van der Waals surface area contributed by atoms with Crippen molar-refractivity contribution < 1.29 is 9.53 Å². The van der Waals surface area contributed by atoms with E-state index in [-0.39, 0.29) is 11.3 Å². The Morgan fingerprint density at radius 3 is 2.45 bits per heavy atom. The number of ether oxygens (including phenoxy) is 1. The van der Waals surface area contributed by atoms with E-state index >= 15 is 0 Å². The first kappa shape index (κ1) is 16.5. The Bertz CT molecular complexity index is 464. The highest BCUT2D eigenvalue weighted by Crippen LogP contribution is 2.23. The minimum Gasteiger partial charge on any atom is -0.495 e. The second-order valence-corrected chi connectivity index (χ2v) is 5.88. The van der Waals surface area contributed by atoms with Crippen molar-refractivity contribution in [2.24, 2.45) is 0 Å². The summed E-state index contributed by atoms with van der Waals surface area (Å²) in [5, 5.41) is 0. The Labute approximate surface area is 121 Å². The number of ketones is 1. The predicted molar refractivity (Wildman–Crippen MR) is 83.4 cm³/mol. The van der Waals surface area contributed by atoms with Crippen LogP contribution in [0.25, 0.3) is 0 Å². The summed E-state index contributed by atoms with van der Waals surface area (Å²) < 4.78 is 5.10. The normalized spacial score (nSPS) is 11.7. The summed E-state index contributed by atoms with van der Waals surface area (Å²) in [6.07, 6.45) is 0.497. The van der Waals surface area contributed by atoms with Gasteiger partial charge in [0.2, 0.25) is 0 Å². The van der Waals surface area contributed by atoms with E-state index in [1.165, 1.54) is 0 Å². The smallest absolute Gasteiger partial charge is 0.164 e. The second-order valence-electron chi connectivity index (χ2n) is 5.88. The molecule has 0 aliphatic heterocycles. The lowest BCUT2D eigenvalue weighted by Gasteiger charge is -2.34. The van der Waals surface area contributed by atoms with Gasteiger partial charge in [0.05, 0.1) is 12.8 Å². The number of benzene rings is 1. The van der Waals surface area contributed by atoms with Crippen LogP contribution in [0.5, 0.6) is 5.75 Å². The molecule has 1 rings (SSSR count). The van der Waals surface area contributed by atoms with E-state index in [9.17, 15) is 4.79 Å². The third-order valence-electron chi connectivity index (χ3n) is 3.49. The third kappa shape index (κ3) is 4.23. The van der Waals surface area contributed by atoms with Gasteiger partial charge in [-0.3, -0.25) is 9.69 Å². The maximum absolute atomic E-state index is 12.2. The number of carbonyl (C=O) groups excluding carboxylic acids is 1. The number of Topliss-reactive ketones (excluding diaryl/α,β-unsaturated/α-hetero) is 1. The Hall–Kier alpha value is -1.55. The first-order valence-electron chi connectivity index (χ1n) is 7.01. The van der Waals surface area contributed by atoms with Gasteiger partial charge in [-0.25, -0.2) is 0 Å². The van der Waals surface area contributed by atoms with Crippen LogP contribution >= 0.6 is 0 Å². The van der Waals surface area contributed by atoms with E-state index in [4.69, 9.17) is 10.5 Å². The van der Waals surface area contributed by atoms with Gasteiger partial charge in [-0.05, 0) is 45.5 Å². The number of hydrogen-bond acceptors (Lipinski definition) is 4. The molecular weight excluding hydrogens is 252 g/mol. The molecule has 0 aliphatic rings. The zero-order valence-corrected chi connectivity index (χ0v) is 13.2. The Morgan fingerprint density at radius 1 is 1.35 bits per heavy atom. The molecule has 0 amide bonds. The summed E-state index contributed by atoms with van der Waals surface area (Å²) in [6.45, 7) is 10.3. The number of hydrogen-bond donors (Lipinski definition) is 1. The quantitative estimate of drug-likeness (QED) is 0.642. The molecule has 0 radical (unpaired) electrons. The number of rotatable bonds is 6. The van der Waals surface area contributed by atoms with Gasteiger partial charge in [-0.15, -0.1) is 0 Å². The zero-order chi connectivity index (χ0) is 15.3. The molecule has 0 saturated heterocycles. The molecule has 0 bridgehead atoms. The van der Waals surface area contributed by atoms with Crippen LogP contribution < -0.4 is 10.5 Å². The molecule has 0 atom stereocenters. The largest absolute Gasteiger partial charge is 0.495 e. The van der Waals surface area contributed by atoms with Crippen LogP contribution in [-0.2, 0) is 0 Å². The fourth-order valence-corrected chi connectivity index (χ4v) is 2.26. The van der Waals surface area contributed by atoms with E-state index in [1.807, 2.05) is 0 Å². The molecule has 0 unspecified atom stereocenters. The number of anilines is 1. The van der Waals surface area contributed by atoms with Gasteiger partial charge in [-0.1, -0.05) is 6.92 Å². The van der Waals surface area contributed by atoms with Gasteiger partial charge < -0.3 is 10.5 Å². The van der Waals surface area contributed by atoms with Crippen molar-refractivity contribution in [3.63, 3.8) is 0 Å². The minimum atomic E-state index is 0.0773. The summed E-state index contributed by atoms with van der Waals surface area (Å²) in [4.78, 5) is 14.5. The first-order valence-corrected chi connectivity index (χ1v) is 7.01. The first-order chi connectivity index (χ1) is 9.29. The SMILES string of the molecule is CCN(CCC(=O)c1ccc(OC)c(N)c1)C(C)(C)C. The summed E-state index contributed by atoms with van der Waals surface area (Å²) in [5.41, 5.74) is 7.06. The summed E-state index contributed by atoms with van der Waals surface area (Å²) in [6, 6.07) is 5.20. The number of nitrogens with zero attached hydrogens (tertiary/aromatic N) is 1. The van der Waals surface area contributed by atoms with E-state index in [1.54, 1.807) is 25.3 Å². The van der Waals surface area contributed by atoms with Crippen LogP contribution in [0, 0.1) is 0 Å². The number of methoxy groups -OCH3 is 1. The fraction of sp³-hybridized carbons (Fsp3) is 0.562. The highest BCUT2D eigenvalue weighted by atomic mass is 16.5. The topological polar surface area (TPSA) is 55.6 Å². The summed E-state index contributed by atoms with van der Waals surface area (Å²) >= 11 is 0. The lowest BCUT2D eigenvalue weighted by molar-refractivity contribution is 0.0921. The molecule has 20 heavy (non-hydrogen) atoms. The van der Waals surface area contributed by atoms with Gasteiger partial charge in [0, 0.05) is 24.1 Å². The van der Waals surface area contributed by atoms with Gasteiger partial charge in [0.15, 0.2) is 5.78 Å². The van der Waals surface area contributed by atoms with Crippen molar-refractivity contribution >= 4 is 11.5 Å². The van der Waals surface area contributed by atoms with Crippen LogP contribution in [0.4, 0.5) is 5.69 Å². The van der Waals surface area contributed by atoms with Gasteiger partial charge in [0.25, 0.3) is 0 Å². The van der Waals surface area contributed by atoms with Crippen molar-refractivity contribution in [2.75, 3.05) is 25.9 Å². The maximum Gasteiger partial charge on any atom is 0.164 e. The Morgan fingerprint density at radius 2 is 2.00 bits per heavy atom. The molecule has 0 aliphatic carbocycles. The van der Waals surface area contributed by atoms with E-state index in [0.717, 1.165) is 13.1 Å². The molecule has 4 heteroatoms. The molecule has 1 aromatic carbocycles. The lowest BCUT2D eigenvalue weighted by Crippen LogP contribution is -2.42. The Kier molecular flexibility index (Phi) is 5.57. The van der Waals surface area contributed by atoms with E-state index in [2.05, 4.69) is 32.6 Å². The average Bonchev–Trinajstić information content (AvgIpc) is 2.37. The molecule has 0 saturated carbocycles. The predicted octanol–water partition coefficient (Wildman–Crippen LogP) is 2.97. The molecule has 0 heterocycles. The molecule has 0 spiro atoms. The van der Waals surface area contributed by atoms with Crippen LogP contribution in [0.15, 0.2) is 18.2 Å². The zero-order valence-electron chi connectivity index (χ0n) is 13.2. The van der Waals surface area contributed by atoms with Gasteiger partial charge in [-0.2, -0.15) is 0 Å². The van der Waals surface area contributed by atoms with E-state index in [0.29, 0.717) is 23.4 Å². The van der Waals surface area contributed by atoms with Crippen molar-refractivity contribution in [1.29, 1.82) is 0 Å². The van der Waals surface area contributed by atoms with Gasteiger partial charge in [0.1, 0.15) is 5.75 Å². The minimum absolute atomic E-state index is 0.0773. The maximum atomic E-state index is 12.2. The van der Waals surface area contributed by atoms with Crippen molar-refractivity contribution in [3.8, 4) is 5.75 Å². The molecule has 0 fully saturated rings. The summed E-state index contributed by atoms with van der Waals surface area (Å²) in [5.74, 6) is 0.716. The van der Waals surface area contributed by atoms with Crippen LogP contribution in [-0.4, -0.2) is 36.4 Å². The molecule has 2 N–H and O–H groups in total. The van der Waals surface area contributed by atoms with Crippen molar-refractivity contribution in [2.45, 2.75) is 39.7 Å². The molecular formula is C16H26N2O2. The molecule has 4 nitrogen and oxygen atoms in total. The number of nitrogen functional groups attached to an aromatic ring is 1. The van der Waals surface area contributed by atoms with Crippen molar-refractivity contribution in [3.05, 3.63) is 23.8 Å². The van der Waals surface area contributed by atoms with E-state index < -0.39 is 0 Å². The Balaban J connectivity index is 2.70. The highest BCUT2D eigenvalue weighted by Gasteiger charge is 2.20. The molecule has 112 valence electrons.